The van der Waals surface area contributed by atoms with E-state index in [0.717, 1.165) is 20.1 Å². The minimum atomic E-state index is -0.0828. The second-order valence-corrected chi connectivity index (χ2v) is 8.52. The third kappa shape index (κ3) is 3.67. The van der Waals surface area contributed by atoms with Gasteiger partial charge in [0.15, 0.2) is 10.1 Å². The normalized spacial score (nSPS) is 11.2. The number of carbonyl (C=O) groups excluding carboxylic acids is 1. The minimum absolute atomic E-state index is 0.0828. The van der Waals surface area contributed by atoms with Crippen molar-refractivity contribution in [2.75, 3.05) is 5.75 Å². The Bertz CT molecular complexity index is 1070. The molecule has 4 aromatic rings. The van der Waals surface area contributed by atoms with Crippen LogP contribution >= 0.6 is 46.3 Å². The highest BCUT2D eigenvalue weighted by Crippen LogP contribution is 2.32. The Kier molecular flexibility index (Phi) is 5.05. The zero-order valence-corrected chi connectivity index (χ0v) is 16.4. The molecule has 0 saturated heterocycles. The lowest BCUT2D eigenvalue weighted by molar-refractivity contribution is 0.0993. The zero-order valence-electron chi connectivity index (χ0n) is 13.2. The van der Waals surface area contributed by atoms with Gasteiger partial charge in [-0.05, 0) is 42.5 Å². The highest BCUT2D eigenvalue weighted by Gasteiger charge is 2.15. The van der Waals surface area contributed by atoms with Crippen molar-refractivity contribution in [1.82, 2.24) is 4.98 Å². The molecule has 0 radical (unpaired) electrons. The molecule has 0 bridgehead atoms. The lowest BCUT2D eigenvalue weighted by atomic mass is 10.2. The highest BCUT2D eigenvalue weighted by atomic mass is 35.5. The molecule has 0 atom stereocenters. The first-order valence-electron chi connectivity index (χ1n) is 7.67. The second-order valence-electron chi connectivity index (χ2n) is 5.45. The number of benzene rings is 2. The van der Waals surface area contributed by atoms with Crippen LogP contribution in [-0.2, 0) is 0 Å². The van der Waals surface area contributed by atoms with E-state index >= 15 is 0 Å². The number of thiazole rings is 1. The highest BCUT2D eigenvalue weighted by molar-refractivity contribution is 8.01. The molecule has 0 aliphatic heterocycles. The smallest absolute Gasteiger partial charge is 0.208 e. The summed E-state index contributed by atoms with van der Waals surface area (Å²) in [7, 11) is 0. The Balaban J connectivity index is 1.46. The monoisotopic (exact) mass is 419 g/mol. The van der Waals surface area contributed by atoms with Gasteiger partial charge in [-0.15, -0.1) is 11.3 Å². The van der Waals surface area contributed by atoms with Crippen molar-refractivity contribution in [2.24, 2.45) is 0 Å². The molecule has 26 heavy (non-hydrogen) atoms. The average molecular weight is 420 g/mol. The Morgan fingerprint density at radius 3 is 2.73 bits per heavy atom. The van der Waals surface area contributed by atoms with Gasteiger partial charge < -0.3 is 4.42 Å². The molecule has 0 aliphatic rings. The molecule has 0 unspecified atom stereocenters. The first kappa shape index (κ1) is 17.6. The fourth-order valence-electron chi connectivity index (χ4n) is 2.40. The van der Waals surface area contributed by atoms with E-state index in [4.69, 9.17) is 27.6 Å². The van der Waals surface area contributed by atoms with E-state index in [-0.39, 0.29) is 11.5 Å². The molecule has 4 rings (SSSR count). The van der Waals surface area contributed by atoms with Gasteiger partial charge in [0.05, 0.1) is 26.0 Å². The van der Waals surface area contributed by atoms with Crippen molar-refractivity contribution in [3.05, 3.63) is 70.4 Å². The van der Waals surface area contributed by atoms with Crippen LogP contribution in [0, 0.1) is 0 Å². The molecule has 0 fully saturated rings. The zero-order chi connectivity index (χ0) is 18.1. The summed E-state index contributed by atoms with van der Waals surface area (Å²) in [6.07, 6.45) is 0. The van der Waals surface area contributed by atoms with Gasteiger partial charge in [-0.3, -0.25) is 4.79 Å². The molecule has 2 aromatic carbocycles. The van der Waals surface area contributed by atoms with Crippen molar-refractivity contribution in [3.8, 4) is 11.3 Å². The van der Waals surface area contributed by atoms with Gasteiger partial charge in [0.25, 0.3) is 0 Å². The number of furan rings is 1. The van der Waals surface area contributed by atoms with Crippen LogP contribution in [0.15, 0.2) is 63.4 Å². The third-order valence-electron chi connectivity index (χ3n) is 3.69. The largest absolute Gasteiger partial charge is 0.453 e. The van der Waals surface area contributed by atoms with Gasteiger partial charge in [-0.25, -0.2) is 4.98 Å². The summed E-state index contributed by atoms with van der Waals surface area (Å²) in [6.45, 7) is 0. The number of fused-ring (bicyclic) bond motifs is 1. The van der Waals surface area contributed by atoms with Crippen LogP contribution in [-0.4, -0.2) is 16.5 Å². The number of aromatic nitrogens is 1. The predicted molar refractivity (Wildman–Crippen MR) is 109 cm³/mol. The third-order valence-corrected chi connectivity index (χ3v) is 6.60. The van der Waals surface area contributed by atoms with Crippen LogP contribution in [0.5, 0.6) is 0 Å². The number of halogens is 2. The second kappa shape index (κ2) is 7.45. The summed E-state index contributed by atoms with van der Waals surface area (Å²) in [5, 5.41) is 0.922. The maximum atomic E-state index is 12.4. The summed E-state index contributed by atoms with van der Waals surface area (Å²) in [4.78, 5) is 16.9. The molecular weight excluding hydrogens is 409 g/mol. The molecule has 0 amide bonds. The number of nitrogens with zero attached hydrogens (tertiary/aromatic N) is 1. The van der Waals surface area contributed by atoms with Crippen LogP contribution < -0.4 is 0 Å². The summed E-state index contributed by atoms with van der Waals surface area (Å²) >= 11 is 15.0. The molecule has 2 aromatic heterocycles. The number of thioether (sulfide) groups is 1. The Labute approximate surface area is 168 Å². The number of para-hydroxylation sites is 1. The molecule has 0 aliphatic carbocycles. The van der Waals surface area contributed by atoms with E-state index in [1.165, 1.54) is 11.8 Å². The molecule has 2 heterocycles. The summed E-state index contributed by atoms with van der Waals surface area (Å²) in [6, 6.07) is 16.6. The van der Waals surface area contributed by atoms with Crippen molar-refractivity contribution < 1.29 is 9.21 Å². The van der Waals surface area contributed by atoms with E-state index in [1.807, 2.05) is 24.3 Å². The lowest BCUT2D eigenvalue weighted by Crippen LogP contribution is -2.00. The Morgan fingerprint density at radius 1 is 1.08 bits per heavy atom. The van der Waals surface area contributed by atoms with Crippen LogP contribution in [0.3, 0.4) is 0 Å². The van der Waals surface area contributed by atoms with Crippen LogP contribution in [0.1, 0.15) is 10.6 Å². The van der Waals surface area contributed by atoms with Crippen LogP contribution in [0.25, 0.3) is 21.5 Å². The van der Waals surface area contributed by atoms with Gasteiger partial charge >= 0.3 is 0 Å². The van der Waals surface area contributed by atoms with Gasteiger partial charge in [-0.1, -0.05) is 47.1 Å². The summed E-state index contributed by atoms with van der Waals surface area (Å²) < 4.78 is 7.68. The average Bonchev–Trinajstić information content (AvgIpc) is 3.28. The van der Waals surface area contributed by atoms with Gasteiger partial charge in [0.1, 0.15) is 5.76 Å². The maximum absolute atomic E-state index is 12.4. The molecule has 3 nitrogen and oxygen atoms in total. The first-order chi connectivity index (χ1) is 12.6. The maximum Gasteiger partial charge on any atom is 0.208 e. The summed E-state index contributed by atoms with van der Waals surface area (Å²) in [5.41, 5.74) is 1.73. The van der Waals surface area contributed by atoms with Gasteiger partial charge in [0.2, 0.25) is 5.78 Å². The van der Waals surface area contributed by atoms with Crippen LogP contribution in [0.2, 0.25) is 10.0 Å². The van der Waals surface area contributed by atoms with Crippen molar-refractivity contribution in [3.63, 3.8) is 0 Å². The number of Topliss-reactive ketones (excluding diaryl/α,β-unsaturated/α-hetero) is 1. The number of hydrogen-bond acceptors (Lipinski definition) is 5. The van der Waals surface area contributed by atoms with E-state index in [1.54, 1.807) is 41.7 Å². The lowest BCUT2D eigenvalue weighted by Gasteiger charge is -2.00. The van der Waals surface area contributed by atoms with Gasteiger partial charge in [0, 0.05) is 5.56 Å². The fourth-order valence-corrected chi connectivity index (χ4v) is 4.64. The number of rotatable bonds is 5. The molecule has 0 N–H and O–H groups in total. The van der Waals surface area contributed by atoms with E-state index in [9.17, 15) is 4.79 Å². The quantitative estimate of drug-likeness (QED) is 0.262. The topological polar surface area (TPSA) is 43.1 Å². The van der Waals surface area contributed by atoms with Gasteiger partial charge in [-0.2, -0.15) is 0 Å². The van der Waals surface area contributed by atoms with E-state index in [2.05, 4.69) is 4.98 Å². The van der Waals surface area contributed by atoms with Crippen LogP contribution in [0.4, 0.5) is 0 Å². The molecule has 130 valence electrons. The first-order valence-corrected chi connectivity index (χ1v) is 10.2. The standard InChI is InChI=1S/C19H11Cl2NO2S2/c20-12-6-5-11(9-13(12)21)16-7-8-17(24-16)15(23)10-25-19-22-14-3-1-2-4-18(14)26-19/h1-9H,10H2. The van der Waals surface area contributed by atoms with Crippen molar-refractivity contribution >= 4 is 62.3 Å². The molecule has 7 heteroatoms. The number of carbonyl (C=O) groups is 1. The SMILES string of the molecule is O=C(CSc1nc2ccccc2s1)c1ccc(-c2ccc(Cl)c(Cl)c2)o1. The summed E-state index contributed by atoms with van der Waals surface area (Å²) in [5.74, 6) is 1.09. The molecular formula is C19H11Cl2NO2S2. The molecule has 0 spiro atoms. The fraction of sp³-hybridized carbons (Fsp3) is 0.0526. The number of ketones is 1. The minimum Gasteiger partial charge on any atom is -0.453 e. The van der Waals surface area contributed by atoms with Crippen molar-refractivity contribution in [2.45, 2.75) is 4.34 Å². The Morgan fingerprint density at radius 2 is 1.92 bits per heavy atom. The van der Waals surface area contributed by atoms with E-state index < -0.39 is 0 Å². The van der Waals surface area contributed by atoms with E-state index in [0.29, 0.717) is 21.6 Å². The van der Waals surface area contributed by atoms with Crippen molar-refractivity contribution in [1.29, 1.82) is 0 Å². The number of hydrogen-bond donors (Lipinski definition) is 0. The molecule has 0 saturated carbocycles. The predicted octanol–water partition coefficient (Wildman–Crippen LogP) is 6.84. The Hall–Kier alpha value is -1.79.